The normalized spacial score (nSPS) is 22.9. The van der Waals surface area contributed by atoms with E-state index >= 15 is 0 Å². The fourth-order valence-electron chi connectivity index (χ4n) is 2.18. The highest BCUT2D eigenvalue weighted by molar-refractivity contribution is 5.75. The van der Waals surface area contributed by atoms with Crippen LogP contribution in [0, 0.1) is 17.5 Å². The van der Waals surface area contributed by atoms with Crippen molar-refractivity contribution in [1.29, 1.82) is 0 Å². The van der Waals surface area contributed by atoms with Gasteiger partial charge >= 0.3 is 6.03 Å². The van der Waals surface area contributed by atoms with Crippen molar-refractivity contribution in [2.45, 2.75) is 31.8 Å². The summed E-state index contributed by atoms with van der Waals surface area (Å²) in [6, 6.07) is 0.592. The van der Waals surface area contributed by atoms with Gasteiger partial charge in [0, 0.05) is 6.61 Å². The molecule has 0 radical (unpaired) electrons. The van der Waals surface area contributed by atoms with Gasteiger partial charge in [-0.1, -0.05) is 0 Å². The van der Waals surface area contributed by atoms with Crippen molar-refractivity contribution in [2.75, 3.05) is 13.2 Å². The Balaban J connectivity index is 2.00. The van der Waals surface area contributed by atoms with Crippen LogP contribution in [0.3, 0.4) is 0 Å². The van der Waals surface area contributed by atoms with E-state index in [9.17, 15) is 18.0 Å². The van der Waals surface area contributed by atoms with Gasteiger partial charge in [0.25, 0.3) is 0 Å². The highest BCUT2D eigenvalue weighted by Crippen LogP contribution is 2.20. The summed E-state index contributed by atoms with van der Waals surface area (Å²) < 4.78 is 44.4. The van der Waals surface area contributed by atoms with Gasteiger partial charge in [-0.05, 0) is 38.0 Å². The molecule has 0 bridgehead atoms. The first-order valence-corrected chi connectivity index (χ1v) is 6.61. The van der Waals surface area contributed by atoms with E-state index in [0.717, 1.165) is 12.1 Å². The van der Waals surface area contributed by atoms with Crippen LogP contribution < -0.4 is 10.6 Å². The van der Waals surface area contributed by atoms with Gasteiger partial charge in [0.1, 0.15) is 0 Å². The van der Waals surface area contributed by atoms with Crippen LogP contribution >= 0.6 is 0 Å². The number of urea groups is 1. The highest BCUT2D eigenvalue weighted by atomic mass is 19.2. The molecule has 0 unspecified atom stereocenters. The molecule has 0 spiro atoms. The predicted molar refractivity (Wildman–Crippen MR) is 70.2 cm³/mol. The zero-order valence-corrected chi connectivity index (χ0v) is 11.8. The average molecular weight is 302 g/mol. The second kappa shape index (κ2) is 5.93. The molecule has 2 amide bonds. The van der Waals surface area contributed by atoms with Gasteiger partial charge in [-0.3, -0.25) is 0 Å². The van der Waals surface area contributed by atoms with E-state index in [0.29, 0.717) is 19.6 Å². The van der Waals surface area contributed by atoms with Crippen molar-refractivity contribution < 1.29 is 22.7 Å². The Morgan fingerprint density at radius 2 is 1.95 bits per heavy atom. The van der Waals surface area contributed by atoms with E-state index in [1.54, 1.807) is 6.92 Å². The van der Waals surface area contributed by atoms with E-state index in [-0.39, 0.29) is 5.56 Å². The van der Waals surface area contributed by atoms with Gasteiger partial charge in [0.05, 0.1) is 18.2 Å². The van der Waals surface area contributed by atoms with Gasteiger partial charge in [0.15, 0.2) is 17.5 Å². The maximum Gasteiger partial charge on any atom is 0.315 e. The van der Waals surface area contributed by atoms with Crippen molar-refractivity contribution in [3.05, 3.63) is 35.1 Å². The fraction of sp³-hybridized carbons (Fsp3) is 0.500. The molecular formula is C14H17F3N2O2. The molecule has 116 valence electrons. The molecular weight excluding hydrogens is 285 g/mol. The van der Waals surface area contributed by atoms with Gasteiger partial charge in [-0.25, -0.2) is 18.0 Å². The second-order valence-corrected chi connectivity index (χ2v) is 5.48. The molecule has 7 heteroatoms. The monoisotopic (exact) mass is 302 g/mol. The SMILES string of the molecule is C[C@H](NC(=O)N[C@]1(C)CCOC1)c1cc(F)c(F)c(F)c1. The molecule has 21 heavy (non-hydrogen) atoms. The van der Waals surface area contributed by atoms with Crippen LogP contribution in [-0.4, -0.2) is 24.8 Å². The molecule has 1 aliphatic heterocycles. The quantitative estimate of drug-likeness (QED) is 0.843. The van der Waals surface area contributed by atoms with Crippen LogP contribution in [0.15, 0.2) is 12.1 Å². The number of halogens is 3. The van der Waals surface area contributed by atoms with Crippen molar-refractivity contribution in [3.63, 3.8) is 0 Å². The van der Waals surface area contributed by atoms with E-state index in [4.69, 9.17) is 4.74 Å². The summed E-state index contributed by atoms with van der Waals surface area (Å²) >= 11 is 0. The summed E-state index contributed by atoms with van der Waals surface area (Å²) in [6.45, 7) is 4.38. The standard InChI is InChI=1S/C14H17F3N2O2/c1-8(9-5-10(15)12(17)11(16)6-9)18-13(20)19-14(2)3-4-21-7-14/h5-6,8H,3-4,7H2,1-2H3,(H2,18,19,20)/t8-,14+/m0/s1. The van der Waals surface area contributed by atoms with Crippen LogP contribution in [0.1, 0.15) is 31.9 Å². The number of amides is 2. The lowest BCUT2D eigenvalue weighted by Crippen LogP contribution is -2.51. The van der Waals surface area contributed by atoms with E-state index in [1.807, 2.05) is 6.92 Å². The molecule has 0 saturated carbocycles. The van der Waals surface area contributed by atoms with E-state index < -0.39 is 35.1 Å². The van der Waals surface area contributed by atoms with Gasteiger partial charge in [-0.15, -0.1) is 0 Å². The van der Waals surface area contributed by atoms with Crippen molar-refractivity contribution in [2.24, 2.45) is 0 Å². The Hall–Kier alpha value is -1.76. The summed E-state index contributed by atoms with van der Waals surface area (Å²) in [5.74, 6) is -4.09. The minimum absolute atomic E-state index is 0.148. The number of rotatable bonds is 3. The minimum atomic E-state index is -1.52. The van der Waals surface area contributed by atoms with Crippen molar-refractivity contribution in [1.82, 2.24) is 10.6 Å². The summed E-state index contributed by atoms with van der Waals surface area (Å²) in [5.41, 5.74) is -0.308. The predicted octanol–water partition coefficient (Wildman–Crippen LogP) is 2.64. The first-order chi connectivity index (χ1) is 9.81. The number of carbonyl (C=O) groups is 1. The second-order valence-electron chi connectivity index (χ2n) is 5.48. The summed E-state index contributed by atoms with van der Waals surface area (Å²) in [4.78, 5) is 11.9. The Kier molecular flexibility index (Phi) is 4.41. The van der Waals surface area contributed by atoms with Gasteiger partial charge < -0.3 is 15.4 Å². The lowest BCUT2D eigenvalue weighted by atomic mass is 10.0. The molecule has 0 aliphatic carbocycles. The van der Waals surface area contributed by atoms with Crippen LogP contribution in [-0.2, 0) is 4.74 Å². The van der Waals surface area contributed by atoms with Crippen LogP contribution in [0.2, 0.25) is 0 Å². The molecule has 1 heterocycles. The molecule has 1 fully saturated rings. The molecule has 0 aromatic heterocycles. The van der Waals surface area contributed by atoms with Gasteiger partial charge in [0.2, 0.25) is 0 Å². The molecule has 1 aromatic carbocycles. The first-order valence-electron chi connectivity index (χ1n) is 6.61. The molecule has 4 nitrogen and oxygen atoms in total. The number of ether oxygens (including phenoxy) is 1. The third-order valence-electron chi connectivity index (χ3n) is 3.49. The number of nitrogens with one attached hydrogen (secondary N) is 2. The Labute approximate surface area is 120 Å². The van der Waals surface area contributed by atoms with Crippen molar-refractivity contribution >= 4 is 6.03 Å². The fourth-order valence-corrected chi connectivity index (χ4v) is 2.18. The number of hydrogen-bond acceptors (Lipinski definition) is 2. The molecule has 1 saturated heterocycles. The third-order valence-corrected chi connectivity index (χ3v) is 3.49. The largest absolute Gasteiger partial charge is 0.379 e. The number of hydrogen-bond donors (Lipinski definition) is 2. The minimum Gasteiger partial charge on any atom is -0.379 e. The molecule has 1 aromatic rings. The van der Waals surface area contributed by atoms with Gasteiger partial charge in [-0.2, -0.15) is 0 Å². The Morgan fingerprint density at radius 3 is 2.48 bits per heavy atom. The zero-order valence-electron chi connectivity index (χ0n) is 11.8. The molecule has 2 rings (SSSR count). The van der Waals surface area contributed by atoms with Crippen LogP contribution in [0.25, 0.3) is 0 Å². The highest BCUT2D eigenvalue weighted by Gasteiger charge is 2.31. The molecule has 2 N–H and O–H groups in total. The lowest BCUT2D eigenvalue weighted by molar-refractivity contribution is 0.170. The first kappa shape index (κ1) is 15.6. The topological polar surface area (TPSA) is 50.4 Å². The third kappa shape index (κ3) is 3.66. The molecule has 1 aliphatic rings. The maximum absolute atomic E-state index is 13.2. The molecule has 2 atom stereocenters. The van der Waals surface area contributed by atoms with E-state index in [2.05, 4.69) is 10.6 Å². The van der Waals surface area contributed by atoms with Crippen molar-refractivity contribution in [3.8, 4) is 0 Å². The Morgan fingerprint density at radius 1 is 1.33 bits per heavy atom. The summed E-state index contributed by atoms with van der Waals surface area (Å²) in [7, 11) is 0. The smallest absolute Gasteiger partial charge is 0.315 e. The Bertz CT molecular complexity index is 522. The van der Waals surface area contributed by atoms with E-state index in [1.165, 1.54) is 0 Å². The average Bonchev–Trinajstić information content (AvgIpc) is 2.81. The lowest BCUT2D eigenvalue weighted by Gasteiger charge is -2.25. The number of benzene rings is 1. The van der Waals surface area contributed by atoms with Crippen LogP contribution in [0.5, 0.6) is 0 Å². The van der Waals surface area contributed by atoms with Crippen LogP contribution in [0.4, 0.5) is 18.0 Å². The summed E-state index contributed by atoms with van der Waals surface area (Å²) in [5, 5.41) is 5.32. The zero-order chi connectivity index (χ0) is 15.6. The maximum atomic E-state index is 13.2. The summed E-state index contributed by atoms with van der Waals surface area (Å²) in [6.07, 6.45) is 0.689. The number of carbonyl (C=O) groups excluding carboxylic acids is 1.